The topological polar surface area (TPSA) is 41.1 Å². The van der Waals surface area contributed by atoms with Crippen molar-refractivity contribution < 1.29 is 0 Å². The monoisotopic (exact) mass is 296 g/mol. The van der Waals surface area contributed by atoms with Crippen molar-refractivity contribution in [2.75, 3.05) is 23.3 Å². The Morgan fingerprint density at radius 3 is 2.73 bits per heavy atom. The van der Waals surface area contributed by atoms with Crippen LogP contribution in [0.3, 0.4) is 0 Å². The standard InChI is InChI=1S/C18H24N4/c1-3-15-9-7-8-14(2)17(15)21-18-19-11-10-16(20-18)22-12-5-4-6-13-22/h7-11H,3-6,12-13H2,1-2H3,(H,19,20,21). The van der Waals surface area contributed by atoms with Gasteiger partial charge in [-0.3, -0.25) is 0 Å². The van der Waals surface area contributed by atoms with Crippen molar-refractivity contribution in [1.29, 1.82) is 0 Å². The zero-order valence-electron chi connectivity index (χ0n) is 13.5. The molecule has 1 aliphatic heterocycles. The largest absolute Gasteiger partial charge is 0.356 e. The van der Waals surface area contributed by atoms with Crippen molar-refractivity contribution in [3.63, 3.8) is 0 Å². The summed E-state index contributed by atoms with van der Waals surface area (Å²) < 4.78 is 0. The van der Waals surface area contributed by atoms with E-state index in [1.807, 2.05) is 12.3 Å². The van der Waals surface area contributed by atoms with Crippen LogP contribution in [0.2, 0.25) is 0 Å². The predicted octanol–water partition coefficient (Wildman–Crippen LogP) is 4.08. The second-order valence-corrected chi connectivity index (χ2v) is 5.87. The number of piperidine rings is 1. The van der Waals surface area contributed by atoms with Crippen LogP contribution in [-0.4, -0.2) is 23.1 Å². The van der Waals surface area contributed by atoms with Gasteiger partial charge in [0.25, 0.3) is 0 Å². The maximum atomic E-state index is 4.71. The smallest absolute Gasteiger partial charge is 0.229 e. The third-order valence-corrected chi connectivity index (χ3v) is 4.30. The van der Waals surface area contributed by atoms with Crippen molar-refractivity contribution in [2.45, 2.75) is 39.5 Å². The SMILES string of the molecule is CCc1cccc(C)c1Nc1nccc(N2CCCCC2)n1. The van der Waals surface area contributed by atoms with E-state index in [4.69, 9.17) is 4.98 Å². The molecule has 0 unspecified atom stereocenters. The van der Waals surface area contributed by atoms with Gasteiger partial charge >= 0.3 is 0 Å². The molecule has 0 atom stereocenters. The van der Waals surface area contributed by atoms with Crippen LogP contribution in [0.4, 0.5) is 17.5 Å². The van der Waals surface area contributed by atoms with Gasteiger partial charge in [0.05, 0.1) is 0 Å². The van der Waals surface area contributed by atoms with Gasteiger partial charge in [0.2, 0.25) is 5.95 Å². The molecule has 1 aliphatic rings. The van der Waals surface area contributed by atoms with Gasteiger partial charge in [-0.15, -0.1) is 0 Å². The van der Waals surface area contributed by atoms with Gasteiger partial charge in [-0.05, 0) is 49.8 Å². The number of aromatic nitrogens is 2. The Morgan fingerprint density at radius 2 is 1.95 bits per heavy atom. The first kappa shape index (κ1) is 14.8. The Balaban J connectivity index is 1.84. The van der Waals surface area contributed by atoms with E-state index >= 15 is 0 Å². The van der Waals surface area contributed by atoms with E-state index in [-0.39, 0.29) is 0 Å². The minimum Gasteiger partial charge on any atom is -0.356 e. The highest BCUT2D eigenvalue weighted by atomic mass is 15.2. The van der Waals surface area contributed by atoms with Crippen LogP contribution < -0.4 is 10.2 Å². The van der Waals surface area contributed by atoms with Crippen molar-refractivity contribution in [1.82, 2.24) is 9.97 Å². The molecule has 1 aromatic heterocycles. The zero-order chi connectivity index (χ0) is 15.4. The number of nitrogens with one attached hydrogen (secondary N) is 1. The summed E-state index contributed by atoms with van der Waals surface area (Å²) in [5, 5.41) is 3.42. The third-order valence-electron chi connectivity index (χ3n) is 4.30. The number of rotatable bonds is 4. The van der Waals surface area contributed by atoms with E-state index in [9.17, 15) is 0 Å². The van der Waals surface area contributed by atoms with Crippen LogP contribution in [0, 0.1) is 6.92 Å². The Hall–Kier alpha value is -2.10. The fourth-order valence-corrected chi connectivity index (χ4v) is 3.02. The normalized spacial score (nSPS) is 14.9. The number of hydrogen-bond donors (Lipinski definition) is 1. The average Bonchev–Trinajstić information content (AvgIpc) is 2.58. The molecular weight excluding hydrogens is 272 g/mol. The molecule has 0 radical (unpaired) electrons. The molecule has 1 fully saturated rings. The second kappa shape index (κ2) is 6.77. The summed E-state index contributed by atoms with van der Waals surface area (Å²) in [5.41, 5.74) is 3.67. The lowest BCUT2D eigenvalue weighted by Crippen LogP contribution is -2.30. The van der Waals surface area contributed by atoms with Crippen molar-refractivity contribution in [2.24, 2.45) is 0 Å². The number of para-hydroxylation sites is 1. The maximum Gasteiger partial charge on any atom is 0.229 e. The first-order chi connectivity index (χ1) is 10.8. The summed E-state index contributed by atoms with van der Waals surface area (Å²) in [6.45, 7) is 6.49. The molecule has 2 aromatic rings. The first-order valence-electron chi connectivity index (χ1n) is 8.21. The molecule has 0 amide bonds. The highest BCUT2D eigenvalue weighted by molar-refractivity contribution is 5.63. The van der Waals surface area contributed by atoms with Crippen molar-refractivity contribution >= 4 is 17.5 Å². The summed E-state index contributed by atoms with van der Waals surface area (Å²) >= 11 is 0. The molecule has 1 aromatic carbocycles. The maximum absolute atomic E-state index is 4.71. The molecule has 0 bridgehead atoms. The molecule has 0 aliphatic carbocycles. The van der Waals surface area contributed by atoms with E-state index < -0.39 is 0 Å². The average molecular weight is 296 g/mol. The van der Waals surface area contributed by atoms with Crippen LogP contribution >= 0.6 is 0 Å². The van der Waals surface area contributed by atoms with Crippen LogP contribution in [0.25, 0.3) is 0 Å². The number of anilines is 3. The lowest BCUT2D eigenvalue weighted by molar-refractivity contribution is 0.573. The van der Waals surface area contributed by atoms with E-state index in [0.29, 0.717) is 5.95 Å². The fraction of sp³-hybridized carbons (Fsp3) is 0.444. The number of aryl methyl sites for hydroxylation is 2. The van der Waals surface area contributed by atoms with Gasteiger partial charge in [-0.25, -0.2) is 4.98 Å². The molecule has 2 heterocycles. The van der Waals surface area contributed by atoms with E-state index in [2.05, 4.69) is 47.2 Å². The Bertz CT molecular complexity index is 633. The summed E-state index contributed by atoms with van der Waals surface area (Å²) in [6, 6.07) is 8.39. The van der Waals surface area contributed by atoms with Crippen molar-refractivity contribution in [3.05, 3.63) is 41.6 Å². The quantitative estimate of drug-likeness (QED) is 0.923. The van der Waals surface area contributed by atoms with Gasteiger partial charge in [0.1, 0.15) is 5.82 Å². The number of hydrogen-bond acceptors (Lipinski definition) is 4. The molecule has 116 valence electrons. The van der Waals surface area contributed by atoms with Gasteiger partial charge in [-0.2, -0.15) is 4.98 Å². The van der Waals surface area contributed by atoms with Gasteiger partial charge < -0.3 is 10.2 Å². The van der Waals surface area contributed by atoms with Crippen LogP contribution in [0.5, 0.6) is 0 Å². The summed E-state index contributed by atoms with van der Waals surface area (Å²) in [6.07, 6.45) is 6.68. The highest BCUT2D eigenvalue weighted by Crippen LogP contribution is 2.25. The first-order valence-corrected chi connectivity index (χ1v) is 8.21. The Kier molecular flexibility index (Phi) is 4.56. The second-order valence-electron chi connectivity index (χ2n) is 5.87. The van der Waals surface area contributed by atoms with E-state index in [1.165, 1.54) is 30.4 Å². The summed E-state index contributed by atoms with van der Waals surface area (Å²) in [5.74, 6) is 1.72. The van der Waals surface area contributed by atoms with Crippen LogP contribution in [0.1, 0.15) is 37.3 Å². The molecule has 1 saturated heterocycles. The van der Waals surface area contributed by atoms with Crippen LogP contribution in [0.15, 0.2) is 30.5 Å². The lowest BCUT2D eigenvalue weighted by Gasteiger charge is -2.27. The highest BCUT2D eigenvalue weighted by Gasteiger charge is 2.13. The van der Waals surface area contributed by atoms with E-state index in [0.717, 1.165) is 31.0 Å². The van der Waals surface area contributed by atoms with E-state index in [1.54, 1.807) is 0 Å². The summed E-state index contributed by atoms with van der Waals surface area (Å²) in [4.78, 5) is 11.5. The van der Waals surface area contributed by atoms with Crippen molar-refractivity contribution in [3.8, 4) is 0 Å². The molecular formula is C18H24N4. The Labute approximate surface area is 132 Å². The number of nitrogens with zero attached hydrogens (tertiary/aromatic N) is 3. The molecule has 4 nitrogen and oxygen atoms in total. The minimum atomic E-state index is 0.687. The molecule has 22 heavy (non-hydrogen) atoms. The predicted molar refractivity (Wildman–Crippen MR) is 91.9 cm³/mol. The third kappa shape index (κ3) is 3.21. The molecule has 0 saturated carbocycles. The minimum absolute atomic E-state index is 0.687. The number of benzene rings is 1. The van der Waals surface area contributed by atoms with Gasteiger partial charge in [-0.1, -0.05) is 25.1 Å². The molecule has 3 rings (SSSR count). The fourth-order valence-electron chi connectivity index (χ4n) is 3.02. The van der Waals surface area contributed by atoms with Gasteiger partial charge in [0.15, 0.2) is 0 Å². The van der Waals surface area contributed by atoms with Crippen LogP contribution in [-0.2, 0) is 6.42 Å². The summed E-state index contributed by atoms with van der Waals surface area (Å²) in [7, 11) is 0. The molecule has 4 heteroatoms. The lowest BCUT2D eigenvalue weighted by atomic mass is 10.1. The Morgan fingerprint density at radius 1 is 1.14 bits per heavy atom. The zero-order valence-corrected chi connectivity index (χ0v) is 13.5. The molecule has 0 spiro atoms. The molecule has 1 N–H and O–H groups in total. The van der Waals surface area contributed by atoms with Gasteiger partial charge in [0, 0.05) is 25.0 Å².